The summed E-state index contributed by atoms with van der Waals surface area (Å²) in [7, 11) is 0. The summed E-state index contributed by atoms with van der Waals surface area (Å²) >= 11 is 3.70. The summed E-state index contributed by atoms with van der Waals surface area (Å²) in [5.74, 6) is 1.48. The molecular formula is C27H27BrN4O2. The van der Waals surface area contributed by atoms with Gasteiger partial charge in [-0.3, -0.25) is 9.48 Å². The van der Waals surface area contributed by atoms with Gasteiger partial charge in [0.2, 0.25) is 5.91 Å². The molecule has 2 heterocycles. The number of aromatic nitrogens is 2. The van der Waals surface area contributed by atoms with Crippen LogP contribution in [0.15, 0.2) is 79.0 Å². The molecule has 1 unspecified atom stereocenters. The number of rotatable bonds is 8. The van der Waals surface area contributed by atoms with Gasteiger partial charge in [0, 0.05) is 29.0 Å². The second kappa shape index (κ2) is 10.4. The van der Waals surface area contributed by atoms with Gasteiger partial charge in [0.05, 0.1) is 24.7 Å². The van der Waals surface area contributed by atoms with Crippen LogP contribution in [0, 0.1) is 0 Å². The van der Waals surface area contributed by atoms with Gasteiger partial charge in [0.15, 0.2) is 0 Å². The van der Waals surface area contributed by atoms with Crippen molar-refractivity contribution in [1.82, 2.24) is 14.7 Å². The van der Waals surface area contributed by atoms with E-state index in [1.54, 1.807) is 0 Å². The number of alkyl halides is 1. The molecule has 5 rings (SSSR count). The van der Waals surface area contributed by atoms with Crippen LogP contribution in [0.3, 0.4) is 0 Å². The van der Waals surface area contributed by atoms with Gasteiger partial charge in [0.1, 0.15) is 11.5 Å². The molecule has 1 aliphatic heterocycles. The first-order valence-electron chi connectivity index (χ1n) is 11.6. The molecule has 3 aromatic carbocycles. The number of fused-ring (bicyclic) bond motifs is 1. The topological polar surface area (TPSA) is 59.4 Å². The van der Waals surface area contributed by atoms with Crippen molar-refractivity contribution in [3.8, 4) is 11.5 Å². The molecule has 0 spiro atoms. The maximum Gasteiger partial charge on any atom is 0.228 e. The lowest BCUT2D eigenvalue weighted by atomic mass is 10.1. The average molecular weight is 519 g/mol. The summed E-state index contributed by atoms with van der Waals surface area (Å²) in [6.45, 7) is 4.01. The zero-order valence-electron chi connectivity index (χ0n) is 18.9. The predicted molar refractivity (Wildman–Crippen MR) is 139 cm³/mol. The second-order valence-corrected chi connectivity index (χ2v) is 9.91. The molecule has 1 N–H and O–H groups in total. The van der Waals surface area contributed by atoms with Crippen molar-refractivity contribution < 1.29 is 9.53 Å². The first-order valence-corrected chi connectivity index (χ1v) is 12.5. The number of halogens is 1. The number of carbonyl (C=O) groups is 1. The third kappa shape index (κ3) is 5.66. The van der Waals surface area contributed by atoms with Gasteiger partial charge in [-0.2, -0.15) is 5.10 Å². The minimum atomic E-state index is -0.0532. The number of para-hydroxylation sites is 1. The standard InChI is InChI=1S/C27H27BrN4O2/c28-22-12-13-31(19-22)14-15-32-26-17-23(9-8-21(26)18-29-32)30-27(33)16-20-6-10-25(11-7-20)34-24-4-2-1-3-5-24/h1-11,17-18,22H,12-16,19H2,(H,30,33). The number of amides is 1. The van der Waals surface area contributed by atoms with Gasteiger partial charge in [0.25, 0.3) is 0 Å². The third-order valence-electron chi connectivity index (χ3n) is 6.04. The third-order valence-corrected chi connectivity index (χ3v) is 6.79. The number of anilines is 1. The van der Waals surface area contributed by atoms with Crippen molar-refractivity contribution in [3.05, 3.63) is 84.6 Å². The van der Waals surface area contributed by atoms with Crippen LogP contribution >= 0.6 is 15.9 Å². The molecule has 4 aromatic rings. The van der Waals surface area contributed by atoms with E-state index in [0.29, 0.717) is 11.2 Å². The Hall–Kier alpha value is -3.16. The van der Waals surface area contributed by atoms with E-state index in [2.05, 4.69) is 31.2 Å². The lowest BCUT2D eigenvalue weighted by molar-refractivity contribution is -0.115. The lowest BCUT2D eigenvalue weighted by Gasteiger charge is -2.15. The normalized spacial score (nSPS) is 16.1. The smallest absolute Gasteiger partial charge is 0.228 e. The highest BCUT2D eigenvalue weighted by Gasteiger charge is 2.19. The van der Waals surface area contributed by atoms with E-state index in [9.17, 15) is 4.79 Å². The van der Waals surface area contributed by atoms with Gasteiger partial charge in [-0.1, -0.05) is 46.3 Å². The minimum absolute atomic E-state index is 0.0532. The highest BCUT2D eigenvalue weighted by Crippen LogP contribution is 2.23. The number of carbonyl (C=O) groups excluding carboxylic acids is 1. The molecule has 1 amide bonds. The van der Waals surface area contributed by atoms with Crippen molar-refractivity contribution in [1.29, 1.82) is 0 Å². The highest BCUT2D eigenvalue weighted by molar-refractivity contribution is 9.09. The number of ether oxygens (including phenoxy) is 1. The van der Waals surface area contributed by atoms with Crippen molar-refractivity contribution in [2.45, 2.75) is 24.2 Å². The molecule has 0 saturated carbocycles. The fraction of sp³-hybridized carbons (Fsp3) is 0.259. The quantitative estimate of drug-likeness (QED) is 0.314. The monoisotopic (exact) mass is 518 g/mol. The van der Waals surface area contributed by atoms with Crippen LogP contribution in [0.5, 0.6) is 11.5 Å². The number of hydrogen-bond acceptors (Lipinski definition) is 4. The summed E-state index contributed by atoms with van der Waals surface area (Å²) in [6, 6.07) is 23.2. The van der Waals surface area contributed by atoms with E-state index < -0.39 is 0 Å². The SMILES string of the molecule is O=C(Cc1ccc(Oc2ccccc2)cc1)Nc1ccc2cnn(CCN3CCC(Br)C3)c2c1. The zero-order valence-corrected chi connectivity index (χ0v) is 20.4. The largest absolute Gasteiger partial charge is 0.457 e. The van der Waals surface area contributed by atoms with E-state index >= 15 is 0 Å². The van der Waals surface area contributed by atoms with E-state index in [0.717, 1.165) is 59.8 Å². The predicted octanol–water partition coefficient (Wildman–Crippen LogP) is 5.48. The molecule has 7 heteroatoms. The van der Waals surface area contributed by atoms with Crippen LogP contribution in [0.4, 0.5) is 5.69 Å². The lowest BCUT2D eigenvalue weighted by Crippen LogP contribution is -2.25. The average Bonchev–Trinajstić information content (AvgIpc) is 3.45. The van der Waals surface area contributed by atoms with E-state index in [-0.39, 0.29) is 5.91 Å². The number of likely N-dealkylation sites (tertiary alicyclic amines) is 1. The van der Waals surface area contributed by atoms with Crippen molar-refractivity contribution in [2.75, 3.05) is 25.0 Å². The Balaban J connectivity index is 1.18. The van der Waals surface area contributed by atoms with Crippen LogP contribution in [0.25, 0.3) is 10.9 Å². The van der Waals surface area contributed by atoms with Crippen LogP contribution < -0.4 is 10.1 Å². The Morgan fingerprint density at radius 3 is 2.59 bits per heavy atom. The summed E-state index contributed by atoms with van der Waals surface area (Å²) < 4.78 is 7.85. The van der Waals surface area contributed by atoms with Gasteiger partial charge >= 0.3 is 0 Å². The molecule has 0 aliphatic carbocycles. The Kier molecular flexibility index (Phi) is 6.92. The van der Waals surface area contributed by atoms with Gasteiger partial charge < -0.3 is 15.0 Å². The Bertz CT molecular complexity index is 1260. The number of benzene rings is 3. The minimum Gasteiger partial charge on any atom is -0.457 e. The number of nitrogens with one attached hydrogen (secondary N) is 1. The van der Waals surface area contributed by atoms with Gasteiger partial charge in [-0.15, -0.1) is 0 Å². The molecule has 1 aromatic heterocycles. The highest BCUT2D eigenvalue weighted by atomic mass is 79.9. The van der Waals surface area contributed by atoms with Gasteiger partial charge in [-0.25, -0.2) is 0 Å². The fourth-order valence-electron chi connectivity index (χ4n) is 4.24. The van der Waals surface area contributed by atoms with Gasteiger partial charge in [-0.05, 0) is 61.0 Å². The molecule has 1 atom stereocenters. The van der Waals surface area contributed by atoms with Crippen molar-refractivity contribution in [3.63, 3.8) is 0 Å². The Morgan fingerprint density at radius 2 is 1.82 bits per heavy atom. The molecule has 174 valence electrons. The summed E-state index contributed by atoms with van der Waals surface area (Å²) in [5.41, 5.74) is 2.75. The number of hydrogen-bond donors (Lipinski definition) is 1. The van der Waals surface area contributed by atoms with E-state index in [1.807, 2.05) is 83.7 Å². The molecule has 6 nitrogen and oxygen atoms in total. The molecule has 34 heavy (non-hydrogen) atoms. The Labute approximate surface area is 207 Å². The van der Waals surface area contributed by atoms with Crippen LogP contribution in [-0.2, 0) is 17.8 Å². The second-order valence-electron chi connectivity index (χ2n) is 8.61. The number of nitrogens with zero attached hydrogens (tertiary/aromatic N) is 3. The summed E-state index contributed by atoms with van der Waals surface area (Å²) in [6.07, 6.45) is 3.38. The first-order chi connectivity index (χ1) is 16.6. The molecular weight excluding hydrogens is 492 g/mol. The van der Waals surface area contributed by atoms with Crippen molar-refractivity contribution >= 4 is 38.4 Å². The van der Waals surface area contributed by atoms with E-state index in [1.165, 1.54) is 6.42 Å². The molecule has 0 radical (unpaired) electrons. The Morgan fingerprint density at radius 1 is 1.03 bits per heavy atom. The molecule has 1 fully saturated rings. The summed E-state index contributed by atoms with van der Waals surface area (Å²) in [5, 5.41) is 8.66. The van der Waals surface area contributed by atoms with Crippen LogP contribution in [-0.4, -0.2) is 45.0 Å². The van der Waals surface area contributed by atoms with E-state index in [4.69, 9.17) is 4.74 Å². The molecule has 1 aliphatic rings. The first kappa shape index (κ1) is 22.6. The van der Waals surface area contributed by atoms with Crippen LogP contribution in [0.2, 0.25) is 0 Å². The maximum absolute atomic E-state index is 12.7. The molecule has 0 bridgehead atoms. The molecule has 1 saturated heterocycles. The summed E-state index contributed by atoms with van der Waals surface area (Å²) in [4.78, 5) is 15.7. The van der Waals surface area contributed by atoms with Crippen LogP contribution in [0.1, 0.15) is 12.0 Å². The fourth-order valence-corrected chi connectivity index (χ4v) is 4.86. The zero-order chi connectivity index (χ0) is 23.3. The van der Waals surface area contributed by atoms with Crippen molar-refractivity contribution in [2.24, 2.45) is 0 Å². The maximum atomic E-state index is 12.7.